The van der Waals surface area contributed by atoms with Crippen molar-refractivity contribution in [3.63, 3.8) is 0 Å². The van der Waals surface area contributed by atoms with Crippen molar-refractivity contribution in [2.75, 3.05) is 6.54 Å². The summed E-state index contributed by atoms with van der Waals surface area (Å²) in [4.78, 5) is 26.1. The number of aryl methyl sites for hydroxylation is 1. The molecule has 0 aliphatic rings. The van der Waals surface area contributed by atoms with Gasteiger partial charge in [0.1, 0.15) is 6.20 Å². The maximum Gasteiger partial charge on any atom is 0.288 e. The summed E-state index contributed by atoms with van der Waals surface area (Å²) in [6.07, 6.45) is 8.07. The highest BCUT2D eigenvalue weighted by Gasteiger charge is 2.15. The van der Waals surface area contributed by atoms with E-state index in [0.717, 1.165) is 12.8 Å². The van der Waals surface area contributed by atoms with Crippen LogP contribution in [0.1, 0.15) is 61.5 Å². The van der Waals surface area contributed by atoms with Gasteiger partial charge in [-0.05, 0) is 13.3 Å². The van der Waals surface area contributed by atoms with Crippen LogP contribution in [0.5, 0.6) is 0 Å². The first kappa shape index (κ1) is 17.1. The maximum absolute atomic E-state index is 12.0. The van der Waals surface area contributed by atoms with Gasteiger partial charge in [0.15, 0.2) is 0 Å². The Morgan fingerprint density at radius 1 is 1.29 bits per heavy atom. The second-order valence-corrected chi connectivity index (χ2v) is 5.11. The molecule has 0 radical (unpaired) electrons. The Kier molecular flexibility index (Phi) is 7.36. The van der Waals surface area contributed by atoms with E-state index in [9.17, 15) is 14.9 Å². The second-order valence-electron chi connectivity index (χ2n) is 5.11. The predicted octanol–water partition coefficient (Wildman–Crippen LogP) is 3.39. The zero-order chi connectivity index (χ0) is 15.7. The zero-order valence-corrected chi connectivity index (χ0v) is 12.7. The van der Waals surface area contributed by atoms with Gasteiger partial charge in [0.2, 0.25) is 0 Å². The van der Waals surface area contributed by atoms with Crippen LogP contribution in [0.3, 0.4) is 0 Å². The zero-order valence-electron chi connectivity index (χ0n) is 12.7. The van der Waals surface area contributed by atoms with E-state index in [1.165, 1.54) is 37.9 Å². The molecular formula is C15H23N3O3. The molecule has 0 saturated carbocycles. The lowest BCUT2D eigenvalue weighted by Gasteiger charge is -2.07. The third kappa shape index (κ3) is 5.89. The Morgan fingerprint density at radius 2 is 1.95 bits per heavy atom. The molecule has 0 fully saturated rings. The highest BCUT2D eigenvalue weighted by atomic mass is 16.6. The molecule has 0 unspecified atom stereocenters. The molecule has 21 heavy (non-hydrogen) atoms. The van der Waals surface area contributed by atoms with Gasteiger partial charge in [0.25, 0.3) is 11.6 Å². The first-order chi connectivity index (χ1) is 10.1. The third-order valence-corrected chi connectivity index (χ3v) is 3.34. The van der Waals surface area contributed by atoms with Crippen molar-refractivity contribution in [3.8, 4) is 0 Å². The van der Waals surface area contributed by atoms with Crippen LogP contribution in [0, 0.1) is 17.0 Å². The van der Waals surface area contributed by atoms with Crippen LogP contribution in [-0.4, -0.2) is 22.4 Å². The molecule has 0 bridgehead atoms. The summed E-state index contributed by atoms with van der Waals surface area (Å²) in [7, 11) is 0. The molecule has 6 heteroatoms. The fourth-order valence-corrected chi connectivity index (χ4v) is 2.05. The number of nitrogens with zero attached hydrogens (tertiary/aromatic N) is 2. The molecule has 0 saturated heterocycles. The Balaban J connectivity index is 2.41. The van der Waals surface area contributed by atoms with Crippen molar-refractivity contribution in [1.29, 1.82) is 0 Å². The monoisotopic (exact) mass is 293 g/mol. The van der Waals surface area contributed by atoms with Crippen LogP contribution in [0.2, 0.25) is 0 Å². The molecule has 1 aromatic rings. The van der Waals surface area contributed by atoms with Gasteiger partial charge in [-0.25, -0.2) is 0 Å². The quantitative estimate of drug-likeness (QED) is 0.429. The fraction of sp³-hybridized carbons (Fsp3) is 0.600. The van der Waals surface area contributed by atoms with Crippen molar-refractivity contribution in [2.45, 2.75) is 52.4 Å². The standard InChI is InChI=1S/C15H23N3O3/c1-3-4-5-6-7-8-9-16-15(19)14-10-13(18(20)21)11-17-12(14)2/h10-11H,3-9H2,1-2H3,(H,16,19). The first-order valence-electron chi connectivity index (χ1n) is 7.45. The number of rotatable bonds is 9. The van der Waals surface area contributed by atoms with Gasteiger partial charge in [-0.15, -0.1) is 0 Å². The Hall–Kier alpha value is -1.98. The molecule has 1 rings (SSSR count). The van der Waals surface area contributed by atoms with E-state index >= 15 is 0 Å². The Morgan fingerprint density at radius 3 is 2.62 bits per heavy atom. The summed E-state index contributed by atoms with van der Waals surface area (Å²) >= 11 is 0. The van der Waals surface area contributed by atoms with Crippen molar-refractivity contribution < 1.29 is 9.72 Å². The van der Waals surface area contributed by atoms with Gasteiger partial charge in [0.05, 0.1) is 16.2 Å². The molecule has 6 nitrogen and oxygen atoms in total. The Bertz CT molecular complexity index is 489. The predicted molar refractivity (Wildman–Crippen MR) is 81.3 cm³/mol. The second kappa shape index (κ2) is 9.05. The topological polar surface area (TPSA) is 85.1 Å². The highest BCUT2D eigenvalue weighted by molar-refractivity contribution is 5.95. The van der Waals surface area contributed by atoms with Crippen LogP contribution in [0.25, 0.3) is 0 Å². The van der Waals surface area contributed by atoms with E-state index in [-0.39, 0.29) is 17.2 Å². The van der Waals surface area contributed by atoms with E-state index in [4.69, 9.17) is 0 Å². The summed E-state index contributed by atoms with van der Waals surface area (Å²) in [5.74, 6) is -0.294. The van der Waals surface area contributed by atoms with Crippen LogP contribution in [0.15, 0.2) is 12.3 Å². The van der Waals surface area contributed by atoms with Crippen molar-refractivity contribution >= 4 is 11.6 Å². The van der Waals surface area contributed by atoms with E-state index in [0.29, 0.717) is 12.2 Å². The number of pyridine rings is 1. The van der Waals surface area contributed by atoms with Crippen molar-refractivity contribution in [3.05, 3.63) is 33.6 Å². The molecule has 0 aliphatic carbocycles. The lowest BCUT2D eigenvalue weighted by molar-refractivity contribution is -0.385. The normalized spacial score (nSPS) is 10.4. The maximum atomic E-state index is 12.0. The number of nitrogens with one attached hydrogen (secondary N) is 1. The number of nitro groups is 1. The lowest BCUT2D eigenvalue weighted by atomic mass is 10.1. The molecule has 0 spiro atoms. The van der Waals surface area contributed by atoms with Crippen LogP contribution in [0.4, 0.5) is 5.69 Å². The SMILES string of the molecule is CCCCCCCCNC(=O)c1cc([N+](=O)[O-])cnc1C. The fourth-order valence-electron chi connectivity index (χ4n) is 2.05. The summed E-state index contributed by atoms with van der Waals surface area (Å²) in [6.45, 7) is 4.44. The molecule has 116 valence electrons. The minimum Gasteiger partial charge on any atom is -0.352 e. The minimum atomic E-state index is -0.545. The largest absolute Gasteiger partial charge is 0.352 e. The number of unbranched alkanes of at least 4 members (excludes halogenated alkanes) is 5. The molecule has 1 amide bonds. The van der Waals surface area contributed by atoms with E-state index in [1.54, 1.807) is 6.92 Å². The average molecular weight is 293 g/mol. The van der Waals surface area contributed by atoms with Gasteiger partial charge in [0, 0.05) is 12.6 Å². The lowest BCUT2D eigenvalue weighted by Crippen LogP contribution is -2.25. The summed E-state index contributed by atoms with van der Waals surface area (Å²) in [5, 5.41) is 13.5. The smallest absolute Gasteiger partial charge is 0.288 e. The summed E-state index contributed by atoms with van der Waals surface area (Å²) in [5.41, 5.74) is 0.613. The molecular weight excluding hydrogens is 270 g/mol. The molecule has 0 atom stereocenters. The summed E-state index contributed by atoms with van der Waals surface area (Å²) < 4.78 is 0. The first-order valence-corrected chi connectivity index (χ1v) is 7.45. The molecule has 1 aromatic heterocycles. The van der Waals surface area contributed by atoms with Crippen LogP contribution >= 0.6 is 0 Å². The van der Waals surface area contributed by atoms with Crippen LogP contribution in [-0.2, 0) is 0 Å². The highest BCUT2D eigenvalue weighted by Crippen LogP contribution is 2.14. The van der Waals surface area contributed by atoms with Crippen molar-refractivity contribution in [2.24, 2.45) is 0 Å². The van der Waals surface area contributed by atoms with E-state index in [1.807, 2.05) is 0 Å². The number of hydrogen-bond acceptors (Lipinski definition) is 4. The van der Waals surface area contributed by atoms with Gasteiger partial charge in [-0.1, -0.05) is 39.0 Å². The molecule has 1 N–H and O–H groups in total. The number of carbonyl (C=O) groups excluding carboxylic acids is 1. The number of hydrogen-bond donors (Lipinski definition) is 1. The van der Waals surface area contributed by atoms with E-state index in [2.05, 4.69) is 17.2 Å². The Labute approximate surface area is 125 Å². The van der Waals surface area contributed by atoms with Gasteiger partial charge < -0.3 is 5.32 Å². The van der Waals surface area contributed by atoms with Crippen molar-refractivity contribution in [1.82, 2.24) is 10.3 Å². The third-order valence-electron chi connectivity index (χ3n) is 3.34. The van der Waals surface area contributed by atoms with E-state index < -0.39 is 4.92 Å². The number of carbonyl (C=O) groups is 1. The molecule has 1 heterocycles. The van der Waals surface area contributed by atoms with Gasteiger partial charge in [-0.3, -0.25) is 19.9 Å². The molecule has 0 aromatic carbocycles. The molecule has 0 aliphatic heterocycles. The minimum absolute atomic E-state index is 0.162. The number of amides is 1. The number of aromatic nitrogens is 1. The summed E-state index contributed by atoms with van der Waals surface area (Å²) in [6, 6.07) is 1.28. The average Bonchev–Trinajstić information content (AvgIpc) is 2.46. The van der Waals surface area contributed by atoms with Crippen LogP contribution < -0.4 is 5.32 Å². The van der Waals surface area contributed by atoms with Gasteiger partial charge in [-0.2, -0.15) is 0 Å². The van der Waals surface area contributed by atoms with Gasteiger partial charge >= 0.3 is 0 Å².